The van der Waals surface area contributed by atoms with Crippen LogP contribution in [0.25, 0.3) is 0 Å². The van der Waals surface area contributed by atoms with Gasteiger partial charge >= 0.3 is 0 Å². The zero-order valence-corrected chi connectivity index (χ0v) is 10.3. The van der Waals surface area contributed by atoms with Crippen molar-refractivity contribution in [3.8, 4) is 0 Å². The molecule has 1 fully saturated rings. The predicted molar refractivity (Wildman–Crippen MR) is 66.3 cm³/mol. The molecular formula is C11H22N4O2. The highest BCUT2D eigenvalue weighted by atomic mass is 16.3. The van der Waals surface area contributed by atoms with Crippen LogP contribution in [0.3, 0.4) is 0 Å². The molecule has 1 aliphatic rings. The van der Waals surface area contributed by atoms with Crippen molar-refractivity contribution in [3.05, 3.63) is 0 Å². The van der Waals surface area contributed by atoms with E-state index in [1.165, 1.54) is 0 Å². The number of carbonyl (C=O) groups is 1. The van der Waals surface area contributed by atoms with E-state index in [1.807, 2.05) is 0 Å². The molecule has 6 heteroatoms. The number of hydrogen-bond acceptors (Lipinski definition) is 3. The van der Waals surface area contributed by atoms with Crippen molar-refractivity contribution in [1.82, 2.24) is 4.90 Å². The number of aliphatic imine (C=N–C) groups is 1. The van der Waals surface area contributed by atoms with Crippen LogP contribution < -0.4 is 11.5 Å². The Morgan fingerprint density at radius 1 is 1.47 bits per heavy atom. The number of aliphatic hydroxyl groups excluding tert-OH is 1. The van der Waals surface area contributed by atoms with E-state index in [0.717, 1.165) is 25.9 Å². The molecule has 1 rings (SSSR count). The average Bonchev–Trinajstić information content (AvgIpc) is 2.26. The molecule has 5 N–H and O–H groups in total. The number of carbonyl (C=O) groups excluding carboxylic acids is 1. The Labute approximate surface area is 102 Å². The molecule has 98 valence electrons. The molecule has 1 amide bonds. The minimum absolute atomic E-state index is 0.0280. The van der Waals surface area contributed by atoms with Crippen molar-refractivity contribution in [3.63, 3.8) is 0 Å². The highest BCUT2D eigenvalue weighted by molar-refractivity contribution is 5.76. The van der Waals surface area contributed by atoms with Gasteiger partial charge in [0.1, 0.15) is 0 Å². The van der Waals surface area contributed by atoms with Crippen LogP contribution >= 0.6 is 0 Å². The van der Waals surface area contributed by atoms with Crippen molar-refractivity contribution in [1.29, 1.82) is 0 Å². The molecule has 0 aliphatic carbocycles. The standard InChI is InChI=1S/C11H22N4O2/c1-8(16)6-10(17)15-4-2-9(3-5-15)7-14-11(12)13/h8-9,16H,2-7H2,1H3,(H4,12,13,14). The summed E-state index contributed by atoms with van der Waals surface area (Å²) in [7, 11) is 0. The van der Waals surface area contributed by atoms with Gasteiger partial charge < -0.3 is 21.5 Å². The van der Waals surface area contributed by atoms with Crippen molar-refractivity contribution >= 4 is 11.9 Å². The van der Waals surface area contributed by atoms with E-state index in [0.29, 0.717) is 12.5 Å². The van der Waals surface area contributed by atoms with Gasteiger partial charge in [-0.2, -0.15) is 0 Å². The Hall–Kier alpha value is -1.30. The third-order valence-electron chi connectivity index (χ3n) is 2.97. The minimum atomic E-state index is -0.568. The second kappa shape index (κ2) is 6.44. The molecular weight excluding hydrogens is 220 g/mol. The Bertz CT molecular complexity index is 279. The number of hydrogen-bond donors (Lipinski definition) is 3. The van der Waals surface area contributed by atoms with E-state index in [1.54, 1.807) is 11.8 Å². The van der Waals surface area contributed by atoms with Gasteiger partial charge in [0.2, 0.25) is 5.91 Å². The fraction of sp³-hybridized carbons (Fsp3) is 0.818. The van der Waals surface area contributed by atoms with Gasteiger partial charge in [-0.25, -0.2) is 0 Å². The maximum atomic E-state index is 11.7. The van der Waals surface area contributed by atoms with Crippen LogP contribution in [0.2, 0.25) is 0 Å². The second-order valence-corrected chi connectivity index (χ2v) is 4.64. The van der Waals surface area contributed by atoms with Crippen LogP contribution in [0, 0.1) is 5.92 Å². The summed E-state index contributed by atoms with van der Waals surface area (Å²) in [5.74, 6) is 0.602. The van der Waals surface area contributed by atoms with Gasteiger partial charge in [-0.15, -0.1) is 0 Å². The molecule has 1 atom stereocenters. The second-order valence-electron chi connectivity index (χ2n) is 4.64. The molecule has 1 unspecified atom stereocenters. The lowest BCUT2D eigenvalue weighted by atomic mass is 9.96. The Morgan fingerprint density at radius 3 is 2.53 bits per heavy atom. The predicted octanol–water partition coefficient (Wildman–Crippen LogP) is -0.731. The van der Waals surface area contributed by atoms with Crippen molar-refractivity contribution in [2.24, 2.45) is 22.4 Å². The van der Waals surface area contributed by atoms with Crippen molar-refractivity contribution < 1.29 is 9.90 Å². The summed E-state index contributed by atoms with van der Waals surface area (Å²) >= 11 is 0. The lowest BCUT2D eigenvalue weighted by Gasteiger charge is -2.31. The molecule has 1 heterocycles. The summed E-state index contributed by atoms with van der Waals surface area (Å²) in [5.41, 5.74) is 10.6. The number of nitrogens with zero attached hydrogens (tertiary/aromatic N) is 2. The summed E-state index contributed by atoms with van der Waals surface area (Å²) < 4.78 is 0. The third-order valence-corrected chi connectivity index (χ3v) is 2.97. The van der Waals surface area contributed by atoms with E-state index < -0.39 is 6.10 Å². The quantitative estimate of drug-likeness (QED) is 0.446. The molecule has 0 bridgehead atoms. The number of aliphatic hydroxyl groups is 1. The molecule has 0 aromatic heterocycles. The molecule has 0 spiro atoms. The van der Waals surface area contributed by atoms with Gasteiger partial charge in [0, 0.05) is 19.6 Å². The normalized spacial score (nSPS) is 18.8. The van der Waals surface area contributed by atoms with Crippen LogP contribution in [0.1, 0.15) is 26.2 Å². The first kappa shape index (κ1) is 13.8. The Balaban J connectivity index is 2.30. The average molecular weight is 242 g/mol. The van der Waals surface area contributed by atoms with E-state index in [4.69, 9.17) is 16.6 Å². The molecule has 6 nitrogen and oxygen atoms in total. The van der Waals surface area contributed by atoms with Crippen LogP contribution in [0.15, 0.2) is 4.99 Å². The lowest BCUT2D eigenvalue weighted by Crippen LogP contribution is -2.40. The number of guanidine groups is 1. The minimum Gasteiger partial charge on any atom is -0.393 e. The van der Waals surface area contributed by atoms with Gasteiger partial charge in [0.15, 0.2) is 5.96 Å². The number of rotatable bonds is 4. The fourth-order valence-electron chi connectivity index (χ4n) is 1.98. The van der Waals surface area contributed by atoms with Crippen LogP contribution in [-0.2, 0) is 4.79 Å². The number of piperidine rings is 1. The zero-order valence-electron chi connectivity index (χ0n) is 10.3. The summed E-state index contributed by atoms with van der Waals surface area (Å²) in [6.07, 6.45) is 1.48. The first-order chi connectivity index (χ1) is 7.99. The van der Waals surface area contributed by atoms with E-state index in [9.17, 15) is 4.79 Å². The molecule has 0 aromatic rings. The molecule has 0 radical (unpaired) electrons. The topological polar surface area (TPSA) is 105 Å². The fourth-order valence-corrected chi connectivity index (χ4v) is 1.98. The van der Waals surface area contributed by atoms with Crippen LogP contribution in [0.4, 0.5) is 0 Å². The summed E-state index contributed by atoms with van der Waals surface area (Å²) in [4.78, 5) is 17.5. The zero-order chi connectivity index (χ0) is 12.8. The summed E-state index contributed by atoms with van der Waals surface area (Å²) in [5, 5.41) is 9.16. The maximum absolute atomic E-state index is 11.7. The molecule has 1 saturated heterocycles. The number of amides is 1. The van der Waals surface area contributed by atoms with Gasteiger partial charge in [-0.3, -0.25) is 9.79 Å². The molecule has 17 heavy (non-hydrogen) atoms. The Kier molecular flexibility index (Phi) is 5.21. The van der Waals surface area contributed by atoms with E-state index in [2.05, 4.69) is 4.99 Å². The van der Waals surface area contributed by atoms with Crippen LogP contribution in [0.5, 0.6) is 0 Å². The lowest BCUT2D eigenvalue weighted by molar-refractivity contribution is -0.134. The largest absolute Gasteiger partial charge is 0.393 e. The summed E-state index contributed by atoms with van der Waals surface area (Å²) in [6, 6.07) is 0. The monoisotopic (exact) mass is 242 g/mol. The highest BCUT2D eigenvalue weighted by Gasteiger charge is 2.23. The molecule has 1 aliphatic heterocycles. The summed E-state index contributed by atoms with van der Waals surface area (Å²) in [6.45, 7) is 3.73. The number of nitrogens with two attached hydrogens (primary N) is 2. The first-order valence-corrected chi connectivity index (χ1v) is 6.00. The smallest absolute Gasteiger partial charge is 0.225 e. The van der Waals surface area contributed by atoms with Crippen LogP contribution in [-0.4, -0.2) is 47.6 Å². The Morgan fingerprint density at radius 2 is 2.06 bits per heavy atom. The number of likely N-dealkylation sites (tertiary alicyclic amines) is 1. The molecule has 0 aromatic carbocycles. The van der Waals surface area contributed by atoms with Crippen molar-refractivity contribution in [2.75, 3.05) is 19.6 Å². The van der Waals surface area contributed by atoms with Gasteiger partial charge in [-0.1, -0.05) is 0 Å². The van der Waals surface area contributed by atoms with Gasteiger partial charge in [0.25, 0.3) is 0 Å². The highest BCUT2D eigenvalue weighted by Crippen LogP contribution is 2.18. The third kappa shape index (κ3) is 5.04. The molecule has 0 saturated carbocycles. The SMILES string of the molecule is CC(O)CC(=O)N1CCC(CN=C(N)N)CC1. The van der Waals surface area contributed by atoms with Gasteiger partial charge in [-0.05, 0) is 25.7 Å². The first-order valence-electron chi connectivity index (χ1n) is 6.00. The van der Waals surface area contributed by atoms with E-state index in [-0.39, 0.29) is 18.3 Å². The maximum Gasteiger partial charge on any atom is 0.225 e. The van der Waals surface area contributed by atoms with Gasteiger partial charge in [0.05, 0.1) is 12.5 Å². The van der Waals surface area contributed by atoms with E-state index >= 15 is 0 Å². The van der Waals surface area contributed by atoms with Crippen molar-refractivity contribution in [2.45, 2.75) is 32.3 Å².